The van der Waals surface area contributed by atoms with E-state index in [1.807, 2.05) is 37.3 Å². The Kier molecular flexibility index (Phi) is 6.33. The van der Waals surface area contributed by atoms with E-state index in [9.17, 15) is 4.79 Å². The molecular weight excluding hydrogens is 332 g/mol. The zero-order valence-electron chi connectivity index (χ0n) is 14.9. The first-order chi connectivity index (χ1) is 12.7. The highest BCUT2D eigenvalue weighted by atomic mass is 16.6. The van der Waals surface area contributed by atoms with Gasteiger partial charge in [0, 0.05) is 24.9 Å². The van der Waals surface area contributed by atoms with Crippen molar-refractivity contribution in [1.29, 1.82) is 0 Å². The Morgan fingerprint density at radius 3 is 2.69 bits per heavy atom. The van der Waals surface area contributed by atoms with Gasteiger partial charge in [-0.15, -0.1) is 0 Å². The van der Waals surface area contributed by atoms with Crippen LogP contribution >= 0.6 is 0 Å². The van der Waals surface area contributed by atoms with Crippen molar-refractivity contribution in [2.45, 2.75) is 19.4 Å². The second-order valence-electron chi connectivity index (χ2n) is 6.02. The largest absolute Gasteiger partial charge is 0.486 e. The first kappa shape index (κ1) is 18.1. The number of amides is 2. The summed E-state index contributed by atoms with van der Waals surface area (Å²) in [5, 5.41) is 5.61. The van der Waals surface area contributed by atoms with Gasteiger partial charge in [-0.2, -0.15) is 0 Å². The molecule has 6 nitrogen and oxygen atoms in total. The summed E-state index contributed by atoms with van der Waals surface area (Å²) >= 11 is 0. The second kappa shape index (κ2) is 9.10. The normalized spacial score (nSPS) is 13.7. The molecule has 2 aromatic rings. The third kappa shape index (κ3) is 5.13. The number of urea groups is 1. The van der Waals surface area contributed by atoms with Crippen LogP contribution < -0.4 is 20.1 Å². The maximum Gasteiger partial charge on any atom is 0.319 e. The Bertz CT molecular complexity index is 721. The van der Waals surface area contributed by atoms with E-state index in [1.54, 1.807) is 18.2 Å². The second-order valence-corrected chi connectivity index (χ2v) is 6.02. The summed E-state index contributed by atoms with van der Waals surface area (Å²) in [4.78, 5) is 12.0. The third-order valence-electron chi connectivity index (χ3n) is 4.04. The average molecular weight is 356 g/mol. The maximum atomic E-state index is 12.0. The third-order valence-corrected chi connectivity index (χ3v) is 4.04. The summed E-state index contributed by atoms with van der Waals surface area (Å²) in [5.41, 5.74) is 1.82. The lowest BCUT2D eigenvalue weighted by atomic mass is 10.1. The molecule has 2 amide bonds. The van der Waals surface area contributed by atoms with Crippen LogP contribution in [0.1, 0.15) is 25.0 Å². The fourth-order valence-corrected chi connectivity index (χ4v) is 2.65. The van der Waals surface area contributed by atoms with E-state index in [1.165, 1.54) is 0 Å². The van der Waals surface area contributed by atoms with E-state index < -0.39 is 0 Å². The molecule has 26 heavy (non-hydrogen) atoms. The summed E-state index contributed by atoms with van der Waals surface area (Å²) in [5.74, 6) is 1.35. The number of anilines is 1. The Balaban J connectivity index is 1.34. The van der Waals surface area contributed by atoms with Crippen molar-refractivity contribution < 1.29 is 19.0 Å². The maximum absolute atomic E-state index is 12.0. The predicted octanol–water partition coefficient (Wildman–Crippen LogP) is 3.75. The SMILES string of the molecule is CC(OCCCNC(=O)Nc1ccc2c(c1)OCCO2)c1ccccc1. The molecule has 1 unspecified atom stereocenters. The van der Waals surface area contributed by atoms with Gasteiger partial charge in [0.1, 0.15) is 13.2 Å². The van der Waals surface area contributed by atoms with Gasteiger partial charge in [-0.25, -0.2) is 4.79 Å². The molecule has 2 aromatic carbocycles. The molecule has 1 aliphatic rings. The van der Waals surface area contributed by atoms with Crippen LogP contribution in [0.15, 0.2) is 48.5 Å². The summed E-state index contributed by atoms with van der Waals surface area (Å²) < 4.78 is 16.8. The minimum Gasteiger partial charge on any atom is -0.486 e. The molecule has 6 heteroatoms. The number of hydrogen-bond donors (Lipinski definition) is 2. The number of hydrogen-bond acceptors (Lipinski definition) is 4. The van der Waals surface area contributed by atoms with Gasteiger partial charge in [-0.1, -0.05) is 30.3 Å². The summed E-state index contributed by atoms with van der Waals surface area (Å²) in [6.45, 7) is 4.21. The van der Waals surface area contributed by atoms with E-state index >= 15 is 0 Å². The summed E-state index contributed by atoms with van der Waals surface area (Å²) in [6.07, 6.45) is 0.786. The van der Waals surface area contributed by atoms with Gasteiger partial charge in [-0.05, 0) is 31.0 Å². The number of rotatable bonds is 7. The molecule has 3 rings (SSSR count). The van der Waals surface area contributed by atoms with Crippen molar-refractivity contribution >= 4 is 11.7 Å². The van der Waals surface area contributed by atoms with Crippen molar-refractivity contribution in [3.05, 3.63) is 54.1 Å². The number of carbonyl (C=O) groups is 1. The van der Waals surface area contributed by atoms with Crippen LogP contribution in [0.2, 0.25) is 0 Å². The average Bonchev–Trinajstić information content (AvgIpc) is 2.68. The van der Waals surface area contributed by atoms with Gasteiger partial charge in [-0.3, -0.25) is 0 Å². The Hall–Kier alpha value is -2.73. The molecule has 0 spiro atoms. The Labute approximate surface area is 153 Å². The Morgan fingerprint density at radius 1 is 1.12 bits per heavy atom. The van der Waals surface area contributed by atoms with E-state index in [-0.39, 0.29) is 12.1 Å². The van der Waals surface area contributed by atoms with Crippen LogP contribution in [0.4, 0.5) is 10.5 Å². The van der Waals surface area contributed by atoms with Crippen molar-refractivity contribution in [3.8, 4) is 11.5 Å². The topological polar surface area (TPSA) is 68.8 Å². The number of benzene rings is 2. The molecule has 0 aliphatic carbocycles. The van der Waals surface area contributed by atoms with Crippen LogP contribution in [0, 0.1) is 0 Å². The minimum atomic E-state index is -0.252. The van der Waals surface area contributed by atoms with Crippen LogP contribution in [0.5, 0.6) is 11.5 Å². The summed E-state index contributed by atoms with van der Waals surface area (Å²) in [7, 11) is 0. The molecule has 138 valence electrons. The molecule has 2 N–H and O–H groups in total. The fraction of sp³-hybridized carbons (Fsp3) is 0.350. The highest BCUT2D eigenvalue weighted by molar-refractivity contribution is 5.89. The highest BCUT2D eigenvalue weighted by Crippen LogP contribution is 2.32. The molecular formula is C20H24N2O4. The first-order valence-corrected chi connectivity index (χ1v) is 8.83. The number of carbonyl (C=O) groups excluding carboxylic acids is 1. The van der Waals surface area contributed by atoms with Gasteiger partial charge in [0.2, 0.25) is 0 Å². The van der Waals surface area contributed by atoms with E-state index in [0.29, 0.717) is 43.6 Å². The van der Waals surface area contributed by atoms with E-state index in [2.05, 4.69) is 10.6 Å². The van der Waals surface area contributed by atoms with Crippen molar-refractivity contribution in [2.75, 3.05) is 31.7 Å². The van der Waals surface area contributed by atoms with Crippen LogP contribution in [-0.4, -0.2) is 32.4 Å². The highest BCUT2D eigenvalue weighted by Gasteiger charge is 2.12. The van der Waals surface area contributed by atoms with Crippen molar-refractivity contribution in [1.82, 2.24) is 5.32 Å². The van der Waals surface area contributed by atoms with Crippen LogP contribution in [-0.2, 0) is 4.74 Å². The van der Waals surface area contributed by atoms with Gasteiger partial charge in [0.05, 0.1) is 6.10 Å². The molecule has 0 aromatic heterocycles. The van der Waals surface area contributed by atoms with Crippen molar-refractivity contribution in [2.24, 2.45) is 0 Å². The van der Waals surface area contributed by atoms with E-state index in [0.717, 1.165) is 12.0 Å². The predicted molar refractivity (Wildman–Crippen MR) is 99.9 cm³/mol. The van der Waals surface area contributed by atoms with Gasteiger partial charge in [0.15, 0.2) is 11.5 Å². The molecule has 1 aliphatic heterocycles. The zero-order valence-corrected chi connectivity index (χ0v) is 14.9. The lowest BCUT2D eigenvalue weighted by molar-refractivity contribution is 0.0644. The Morgan fingerprint density at radius 2 is 1.88 bits per heavy atom. The van der Waals surface area contributed by atoms with E-state index in [4.69, 9.17) is 14.2 Å². The quantitative estimate of drug-likeness (QED) is 0.742. The first-order valence-electron chi connectivity index (χ1n) is 8.83. The number of fused-ring (bicyclic) bond motifs is 1. The molecule has 0 bridgehead atoms. The van der Waals surface area contributed by atoms with Gasteiger partial charge >= 0.3 is 6.03 Å². The lowest BCUT2D eigenvalue weighted by Crippen LogP contribution is -2.30. The molecule has 1 heterocycles. The number of ether oxygens (including phenoxy) is 3. The van der Waals surface area contributed by atoms with Gasteiger partial charge < -0.3 is 24.8 Å². The monoisotopic (exact) mass is 356 g/mol. The number of nitrogens with one attached hydrogen (secondary N) is 2. The minimum absolute atomic E-state index is 0.0442. The molecule has 0 saturated heterocycles. The molecule has 0 saturated carbocycles. The van der Waals surface area contributed by atoms with Crippen molar-refractivity contribution in [3.63, 3.8) is 0 Å². The fourth-order valence-electron chi connectivity index (χ4n) is 2.65. The lowest BCUT2D eigenvalue weighted by Gasteiger charge is -2.19. The smallest absolute Gasteiger partial charge is 0.319 e. The summed E-state index contributed by atoms with van der Waals surface area (Å²) in [6, 6.07) is 15.2. The molecule has 0 radical (unpaired) electrons. The standard InChI is InChI=1S/C20H24N2O4/c1-15(16-6-3-2-4-7-16)24-11-5-10-21-20(23)22-17-8-9-18-19(14-17)26-13-12-25-18/h2-4,6-9,14-15H,5,10-13H2,1H3,(H2,21,22,23). The molecule has 1 atom stereocenters. The zero-order chi connectivity index (χ0) is 18.2. The van der Waals surface area contributed by atoms with Crippen LogP contribution in [0.3, 0.4) is 0 Å². The van der Waals surface area contributed by atoms with Crippen LogP contribution in [0.25, 0.3) is 0 Å². The van der Waals surface area contributed by atoms with Gasteiger partial charge in [0.25, 0.3) is 0 Å². The molecule has 0 fully saturated rings.